The van der Waals surface area contributed by atoms with Gasteiger partial charge in [0.2, 0.25) is 0 Å². The number of nitrogens with zero attached hydrogens (tertiary/aromatic N) is 2. The largest absolute Gasteiger partial charge is 0.507 e. The number of nitrogens with one attached hydrogen (secondary N) is 2. The van der Waals surface area contributed by atoms with Gasteiger partial charge in [-0.1, -0.05) is 228 Å². The van der Waals surface area contributed by atoms with Gasteiger partial charge in [-0.2, -0.15) is 0 Å². The van der Waals surface area contributed by atoms with Crippen molar-refractivity contribution in [1.29, 1.82) is 0 Å². The van der Waals surface area contributed by atoms with E-state index in [9.17, 15) is 50.4 Å². The first kappa shape index (κ1) is 71.9. The number of aromatic hydroxyl groups is 8. The molecule has 0 saturated carbocycles. The average Bonchev–Trinajstić information content (AvgIpc) is 0.818. The Morgan fingerprint density at radius 3 is 0.745 bits per heavy atom. The Bertz CT molecular complexity index is 4080. The van der Waals surface area contributed by atoms with Crippen molar-refractivity contribution < 1.29 is 59.9 Å². The van der Waals surface area contributed by atoms with Crippen molar-refractivity contribution in [2.45, 2.75) is 102 Å². The number of hydrogen-bond donors (Lipinski definition) is 10. The number of methoxy groups -OCH3 is 2. The molecular weight excluding hydrogens is 1320 g/mol. The molecule has 0 aromatic heterocycles. The fourth-order valence-corrected chi connectivity index (χ4v) is 16.4. The molecule has 0 spiro atoms. The van der Waals surface area contributed by atoms with E-state index < -0.39 is 36.1 Å². The minimum atomic E-state index is -0.847. The van der Waals surface area contributed by atoms with Crippen LogP contribution in [0.2, 0.25) is 0 Å². The van der Waals surface area contributed by atoms with Crippen LogP contribution >= 0.6 is 21.6 Å². The zero-order valence-corrected chi connectivity index (χ0v) is 58.8. The molecule has 0 unspecified atom stereocenters. The van der Waals surface area contributed by atoms with Crippen molar-refractivity contribution in [2.75, 3.05) is 38.8 Å². The van der Waals surface area contributed by atoms with Gasteiger partial charge in [0.15, 0.2) is 0 Å². The summed E-state index contributed by atoms with van der Waals surface area (Å²) >= 11 is 0. The molecule has 18 bridgehead atoms. The maximum Gasteiger partial charge on any atom is 0.323 e. The Balaban J connectivity index is 1.03. The molecule has 526 valence electrons. The highest BCUT2D eigenvalue weighted by Gasteiger charge is 2.31. The van der Waals surface area contributed by atoms with Gasteiger partial charge in [-0.15, -0.1) is 0 Å². The van der Waals surface area contributed by atoms with Gasteiger partial charge in [-0.25, -0.2) is 0 Å². The zero-order chi connectivity index (χ0) is 71.2. The molecule has 0 amide bonds. The molecule has 0 radical (unpaired) electrons. The number of hydrogen-bond acceptors (Lipinski definition) is 18. The van der Waals surface area contributed by atoms with Crippen molar-refractivity contribution >= 4 is 33.5 Å². The van der Waals surface area contributed by atoms with E-state index >= 15 is 0 Å². The van der Waals surface area contributed by atoms with Crippen molar-refractivity contribution in [3.63, 3.8) is 0 Å². The van der Waals surface area contributed by atoms with Gasteiger partial charge in [-0.3, -0.25) is 19.4 Å². The number of ether oxygens (including phenoxy) is 2. The Hall–Kier alpha value is -9.92. The highest BCUT2D eigenvalue weighted by molar-refractivity contribution is 8.76. The van der Waals surface area contributed by atoms with Gasteiger partial charge in [0, 0.05) is 124 Å². The number of esters is 2. The second-order valence-corrected chi connectivity index (χ2v) is 29.0. The van der Waals surface area contributed by atoms with Crippen LogP contribution in [-0.4, -0.2) is 126 Å². The molecular formula is C84H86N4O12S2. The summed E-state index contributed by atoms with van der Waals surface area (Å²) in [5.41, 5.74) is 10.8. The molecule has 10 N–H and O–H groups in total. The van der Waals surface area contributed by atoms with E-state index in [0.29, 0.717) is 102 Å². The van der Waals surface area contributed by atoms with Gasteiger partial charge in [-0.05, 0) is 90.7 Å². The zero-order valence-electron chi connectivity index (χ0n) is 57.2. The quantitative estimate of drug-likeness (QED) is 0.0549. The lowest BCUT2D eigenvalue weighted by Crippen LogP contribution is -2.49. The topological polar surface area (TPSA) is 245 Å². The Labute approximate surface area is 603 Å². The van der Waals surface area contributed by atoms with E-state index in [1.54, 1.807) is 0 Å². The predicted molar refractivity (Wildman–Crippen MR) is 401 cm³/mol. The van der Waals surface area contributed by atoms with E-state index in [4.69, 9.17) is 9.47 Å². The van der Waals surface area contributed by atoms with Gasteiger partial charge < -0.3 is 61.0 Å². The number of carbonyl (C=O) groups is 2. The van der Waals surface area contributed by atoms with Crippen LogP contribution < -0.4 is 10.6 Å². The third-order valence-corrected chi connectivity index (χ3v) is 22.2. The lowest BCUT2D eigenvalue weighted by Gasteiger charge is -2.34. The number of carbonyl (C=O) groups excluding carboxylic acids is 2. The van der Waals surface area contributed by atoms with E-state index in [2.05, 4.69) is 20.4 Å². The predicted octanol–water partition coefficient (Wildman–Crippen LogP) is 13.1. The minimum absolute atomic E-state index is 0.0113. The summed E-state index contributed by atoms with van der Waals surface area (Å²) in [5.74, 6) is -0.452. The minimum Gasteiger partial charge on any atom is -0.507 e. The molecule has 12 rings (SSSR count). The molecule has 0 saturated heterocycles. The molecule has 16 nitrogen and oxygen atoms in total. The lowest BCUT2D eigenvalue weighted by atomic mass is 9.93. The first-order valence-corrected chi connectivity index (χ1v) is 36.9. The Morgan fingerprint density at radius 1 is 0.324 bits per heavy atom. The SMILES string of the molecule is COC(=O)[C@H]1CSSC[C@H](C(=O)OC)NC[C@@H](Cc2ccccc2)N2Cc3cccc(c3O)Cc3cccc(c3O)Cc3cccc(c3O)Cc3cccc(c3O)CN(Cc3cccc(c3O)Cc3cccc(c3O)Cc3cccc(c3O)Cc3cccc(c3O)C2)[C@H](Cc2ccccc2)CN1. The van der Waals surface area contributed by atoms with Crippen LogP contribution in [0.1, 0.15) is 100 Å². The summed E-state index contributed by atoms with van der Waals surface area (Å²) < 4.78 is 11.0. The average molecular weight is 1410 g/mol. The molecule has 102 heavy (non-hydrogen) atoms. The maximum absolute atomic E-state index is 14.1. The summed E-state index contributed by atoms with van der Waals surface area (Å²) in [6, 6.07) is 61.4. The maximum atomic E-state index is 14.1. The number of rotatable bonds is 6. The molecule has 10 aromatic carbocycles. The van der Waals surface area contributed by atoms with Crippen LogP contribution in [0.15, 0.2) is 206 Å². The van der Waals surface area contributed by atoms with Crippen molar-refractivity contribution in [1.82, 2.24) is 20.4 Å². The molecule has 18 heteroatoms. The van der Waals surface area contributed by atoms with Crippen LogP contribution in [0.25, 0.3) is 0 Å². The lowest BCUT2D eigenvalue weighted by molar-refractivity contribution is -0.143. The van der Waals surface area contributed by atoms with Gasteiger partial charge in [0.05, 0.1) is 14.2 Å². The van der Waals surface area contributed by atoms with Crippen LogP contribution in [0, 0.1) is 0 Å². The molecule has 10 aromatic rings. The van der Waals surface area contributed by atoms with Crippen molar-refractivity contribution in [2.24, 2.45) is 0 Å². The van der Waals surface area contributed by atoms with Crippen molar-refractivity contribution in [3.05, 3.63) is 306 Å². The molecule has 2 aliphatic heterocycles. The van der Waals surface area contributed by atoms with Gasteiger partial charge in [0.1, 0.15) is 58.1 Å². The fraction of sp³-hybridized carbons (Fsp3) is 0.262. The van der Waals surface area contributed by atoms with Gasteiger partial charge >= 0.3 is 11.9 Å². The number of phenolic OH excluding ortho intramolecular Hbond substituents is 8. The van der Waals surface area contributed by atoms with Crippen LogP contribution in [0.3, 0.4) is 0 Å². The third kappa shape index (κ3) is 17.3. The fourth-order valence-electron chi connectivity index (χ4n) is 14.0. The van der Waals surface area contributed by atoms with E-state index in [-0.39, 0.29) is 135 Å². The molecule has 2 aliphatic rings. The molecule has 4 atom stereocenters. The Morgan fingerprint density at radius 2 is 0.529 bits per heavy atom. The van der Waals surface area contributed by atoms with Gasteiger partial charge in [0.25, 0.3) is 0 Å². The third-order valence-electron chi connectivity index (χ3n) is 19.8. The van der Waals surface area contributed by atoms with Crippen LogP contribution in [0.5, 0.6) is 46.0 Å². The van der Waals surface area contributed by atoms with E-state index in [0.717, 1.165) is 11.1 Å². The monoisotopic (exact) mass is 1410 g/mol. The number of fused-ring (bicyclic) bond motifs is 29. The highest BCUT2D eigenvalue weighted by Crippen LogP contribution is 2.40. The van der Waals surface area contributed by atoms with Crippen molar-refractivity contribution in [3.8, 4) is 46.0 Å². The normalized spacial score (nSPS) is 18.8. The second kappa shape index (κ2) is 33.7. The molecule has 0 fully saturated rings. The summed E-state index contributed by atoms with van der Waals surface area (Å²) in [6.07, 6.45) is 1.80. The number of para-hydroxylation sites is 8. The molecule has 2 heterocycles. The smallest absolute Gasteiger partial charge is 0.323 e. The first-order valence-electron chi connectivity index (χ1n) is 34.4. The Kier molecular flexibility index (Phi) is 23.8. The number of phenols is 8. The van der Waals surface area contributed by atoms with E-state index in [1.165, 1.54) is 35.8 Å². The summed E-state index contributed by atoms with van der Waals surface area (Å²) in [6.45, 7) is 1.03. The van der Waals surface area contributed by atoms with E-state index in [1.807, 2.05) is 206 Å². The summed E-state index contributed by atoms with van der Waals surface area (Å²) in [7, 11) is 5.49. The number of benzene rings is 10. The second-order valence-electron chi connectivity index (χ2n) is 26.5. The summed E-state index contributed by atoms with van der Waals surface area (Å²) in [4.78, 5) is 32.5. The molecule has 0 aliphatic carbocycles. The van der Waals surface area contributed by atoms with Crippen LogP contribution in [0.4, 0.5) is 0 Å². The first-order chi connectivity index (χ1) is 49.6. The van der Waals surface area contributed by atoms with Crippen LogP contribution in [-0.2, 0) is 96.6 Å². The standard InChI is InChI=1S/C84H86N4O12S2/c1-99-83(97)73-51-101-102-52-74(84(98)100-2)86-46-72(38-54-19-7-4-8-20-54)88-49-69-35-15-31-65(81(69)95)43-61-27-11-23-57(77(61)91)39-55-21-9-25-59(75(55)89)41-63-29-13-33-67(79(63)93)47-87(71(45-85-73)37-53-17-5-3-6-18-53)48-68-34-14-30-64(80(68)94)42-60-26-10-22-56(76(60)90)40-58-24-12-28-62(78(58)92)44-66-32-16-36-70(50-88)82(66)96/h3-36,71-74,85-86,89-96H,37-52H2,1-2H3/t71-,72-,73-,74-/m1/s1. The summed E-state index contributed by atoms with van der Waals surface area (Å²) in [5, 5.41) is 106. The highest BCUT2D eigenvalue weighted by atomic mass is 33.1.